The number of rotatable bonds is 5. The lowest BCUT2D eigenvalue weighted by Crippen LogP contribution is -2.63. The normalized spacial score (nSPS) is 20.1. The van der Waals surface area contributed by atoms with E-state index in [4.69, 9.17) is 0 Å². The molecule has 192 valence electrons. The SMILES string of the molecule is O=C(c1ccc(-c2cccc(C(F)(F)F)c2)cc1)N1CC(N[C@H]2CN(C(=O)c3ccccc3)C[C@@H]2O)C1. The Morgan fingerprint density at radius 2 is 1.38 bits per heavy atom. The van der Waals surface area contributed by atoms with E-state index in [9.17, 15) is 27.9 Å². The maximum absolute atomic E-state index is 13.0. The minimum absolute atomic E-state index is 0.000223. The summed E-state index contributed by atoms with van der Waals surface area (Å²) in [5, 5.41) is 13.8. The first-order valence-electron chi connectivity index (χ1n) is 12.0. The molecule has 2 N–H and O–H groups in total. The molecule has 2 aliphatic rings. The smallest absolute Gasteiger partial charge is 0.390 e. The highest BCUT2D eigenvalue weighted by Gasteiger charge is 2.39. The van der Waals surface area contributed by atoms with Crippen LogP contribution in [0.3, 0.4) is 0 Å². The first-order valence-corrected chi connectivity index (χ1v) is 12.0. The van der Waals surface area contributed by atoms with Gasteiger partial charge in [-0.2, -0.15) is 13.2 Å². The molecule has 0 aromatic heterocycles. The molecule has 0 bridgehead atoms. The van der Waals surface area contributed by atoms with Crippen LogP contribution in [0.2, 0.25) is 0 Å². The van der Waals surface area contributed by atoms with Crippen LogP contribution < -0.4 is 5.32 Å². The fourth-order valence-corrected chi connectivity index (χ4v) is 4.80. The molecule has 37 heavy (non-hydrogen) atoms. The van der Waals surface area contributed by atoms with E-state index in [1.165, 1.54) is 6.07 Å². The number of alkyl halides is 3. The maximum Gasteiger partial charge on any atom is 0.416 e. The van der Waals surface area contributed by atoms with Crippen LogP contribution in [-0.4, -0.2) is 71.1 Å². The topological polar surface area (TPSA) is 72.9 Å². The largest absolute Gasteiger partial charge is 0.416 e. The van der Waals surface area contributed by atoms with Gasteiger partial charge in [-0.25, -0.2) is 0 Å². The van der Waals surface area contributed by atoms with Gasteiger partial charge in [-0.3, -0.25) is 9.59 Å². The average molecular weight is 510 g/mol. The lowest BCUT2D eigenvalue weighted by molar-refractivity contribution is -0.137. The fourth-order valence-electron chi connectivity index (χ4n) is 4.80. The molecule has 2 atom stereocenters. The van der Waals surface area contributed by atoms with E-state index < -0.39 is 17.8 Å². The summed E-state index contributed by atoms with van der Waals surface area (Å²) in [5.41, 5.74) is 1.33. The summed E-state index contributed by atoms with van der Waals surface area (Å²) >= 11 is 0. The highest BCUT2D eigenvalue weighted by Crippen LogP contribution is 2.32. The van der Waals surface area contributed by atoms with Crippen molar-refractivity contribution in [3.63, 3.8) is 0 Å². The van der Waals surface area contributed by atoms with Crippen LogP contribution in [0.5, 0.6) is 0 Å². The number of carbonyl (C=O) groups is 2. The summed E-state index contributed by atoms with van der Waals surface area (Å²) in [5.74, 6) is -0.288. The molecule has 6 nitrogen and oxygen atoms in total. The monoisotopic (exact) mass is 509 g/mol. The molecule has 2 aliphatic heterocycles. The van der Waals surface area contributed by atoms with Crippen LogP contribution in [0.25, 0.3) is 11.1 Å². The summed E-state index contributed by atoms with van der Waals surface area (Å²) in [6, 6.07) is 20.3. The molecule has 0 spiro atoms. The summed E-state index contributed by atoms with van der Waals surface area (Å²) in [6.45, 7) is 1.56. The fraction of sp³-hybridized carbons (Fsp3) is 0.286. The van der Waals surface area contributed by atoms with Gasteiger partial charge in [0.2, 0.25) is 0 Å². The van der Waals surface area contributed by atoms with Crippen molar-refractivity contribution in [3.8, 4) is 11.1 Å². The molecule has 0 unspecified atom stereocenters. The van der Waals surface area contributed by atoms with E-state index in [1.54, 1.807) is 64.4 Å². The van der Waals surface area contributed by atoms with Crippen LogP contribution in [0, 0.1) is 0 Å². The van der Waals surface area contributed by atoms with Crippen LogP contribution in [0.4, 0.5) is 13.2 Å². The number of hydrogen-bond acceptors (Lipinski definition) is 4. The Morgan fingerprint density at radius 1 is 0.757 bits per heavy atom. The van der Waals surface area contributed by atoms with Gasteiger partial charge in [0, 0.05) is 43.3 Å². The van der Waals surface area contributed by atoms with Gasteiger partial charge in [0.05, 0.1) is 17.7 Å². The van der Waals surface area contributed by atoms with Crippen molar-refractivity contribution in [2.45, 2.75) is 24.4 Å². The molecule has 2 amide bonds. The average Bonchev–Trinajstić information content (AvgIpc) is 3.25. The molecular weight excluding hydrogens is 483 g/mol. The number of benzene rings is 3. The standard InChI is InChI=1S/C28H26F3N3O3/c29-28(30,31)22-8-4-7-21(13-22)18-9-11-20(12-10-18)27(37)33-14-23(15-33)32-24-16-34(17-25(24)35)26(36)19-5-2-1-3-6-19/h1-13,23-25,32,35H,14-17H2/t24-,25-/m0/s1. The Labute approximate surface area is 212 Å². The lowest BCUT2D eigenvalue weighted by Gasteiger charge is -2.41. The van der Waals surface area contributed by atoms with Crippen molar-refractivity contribution < 1.29 is 27.9 Å². The Balaban J connectivity index is 1.14. The number of hydrogen-bond donors (Lipinski definition) is 2. The predicted octanol–water partition coefficient (Wildman–Crippen LogP) is 3.67. The molecule has 3 aromatic carbocycles. The molecule has 2 saturated heterocycles. The highest BCUT2D eigenvalue weighted by atomic mass is 19.4. The molecule has 2 fully saturated rings. The zero-order valence-corrected chi connectivity index (χ0v) is 19.9. The Hall–Kier alpha value is -3.69. The minimum atomic E-state index is -4.42. The first kappa shape index (κ1) is 25.0. The van der Waals surface area contributed by atoms with E-state index in [-0.39, 0.29) is 30.4 Å². The van der Waals surface area contributed by atoms with Crippen molar-refractivity contribution in [3.05, 3.63) is 95.6 Å². The number of β-amino-alcohol motifs (C(OH)–C–C–N with tert-alkyl or cyclic N) is 1. The van der Waals surface area contributed by atoms with Gasteiger partial charge >= 0.3 is 6.18 Å². The van der Waals surface area contributed by atoms with E-state index in [1.807, 2.05) is 6.07 Å². The molecule has 0 radical (unpaired) electrons. The number of halogens is 3. The summed E-state index contributed by atoms with van der Waals surface area (Å²) in [4.78, 5) is 28.8. The Morgan fingerprint density at radius 3 is 2.03 bits per heavy atom. The number of likely N-dealkylation sites (tertiary alicyclic amines) is 2. The van der Waals surface area contributed by atoms with Crippen LogP contribution >= 0.6 is 0 Å². The van der Waals surface area contributed by atoms with Crippen molar-refractivity contribution >= 4 is 11.8 Å². The van der Waals surface area contributed by atoms with Crippen LogP contribution in [0.1, 0.15) is 26.3 Å². The van der Waals surface area contributed by atoms with E-state index >= 15 is 0 Å². The van der Waals surface area contributed by atoms with Gasteiger partial charge in [0.25, 0.3) is 11.8 Å². The second-order valence-corrected chi connectivity index (χ2v) is 9.48. The summed E-state index contributed by atoms with van der Waals surface area (Å²) in [6.07, 6.45) is -5.11. The molecule has 0 aliphatic carbocycles. The first-order chi connectivity index (χ1) is 17.7. The van der Waals surface area contributed by atoms with Crippen molar-refractivity contribution in [2.75, 3.05) is 26.2 Å². The molecule has 5 rings (SSSR count). The molecule has 2 heterocycles. The van der Waals surface area contributed by atoms with Gasteiger partial charge in [0.1, 0.15) is 0 Å². The van der Waals surface area contributed by atoms with Crippen molar-refractivity contribution in [1.29, 1.82) is 0 Å². The third-order valence-electron chi connectivity index (χ3n) is 6.87. The van der Waals surface area contributed by atoms with Crippen LogP contribution in [0.15, 0.2) is 78.9 Å². The lowest BCUT2D eigenvalue weighted by atomic mass is 10.00. The van der Waals surface area contributed by atoms with Gasteiger partial charge in [-0.15, -0.1) is 0 Å². The third kappa shape index (κ3) is 5.38. The minimum Gasteiger partial charge on any atom is -0.390 e. The maximum atomic E-state index is 13.0. The zero-order valence-electron chi connectivity index (χ0n) is 19.9. The van der Waals surface area contributed by atoms with Gasteiger partial charge in [-0.1, -0.05) is 42.5 Å². The molecule has 0 saturated carbocycles. The number of aliphatic hydroxyl groups excluding tert-OH is 1. The third-order valence-corrected chi connectivity index (χ3v) is 6.87. The number of amides is 2. The molecule has 9 heteroatoms. The second-order valence-electron chi connectivity index (χ2n) is 9.48. The van der Waals surface area contributed by atoms with Crippen LogP contribution in [-0.2, 0) is 6.18 Å². The van der Waals surface area contributed by atoms with Gasteiger partial charge in [-0.05, 0) is 47.5 Å². The Bertz CT molecular complexity index is 1280. The Kier molecular flexibility index (Phi) is 6.74. The van der Waals surface area contributed by atoms with Crippen molar-refractivity contribution in [2.24, 2.45) is 0 Å². The predicted molar refractivity (Wildman–Crippen MR) is 132 cm³/mol. The quantitative estimate of drug-likeness (QED) is 0.551. The highest BCUT2D eigenvalue weighted by molar-refractivity contribution is 5.95. The molecule has 3 aromatic rings. The van der Waals surface area contributed by atoms with Crippen molar-refractivity contribution in [1.82, 2.24) is 15.1 Å². The number of carbonyl (C=O) groups excluding carboxylic acids is 2. The summed E-state index contributed by atoms with van der Waals surface area (Å²) < 4.78 is 39.0. The number of aliphatic hydroxyl groups is 1. The van der Waals surface area contributed by atoms with Gasteiger partial charge in [0.15, 0.2) is 0 Å². The van der Waals surface area contributed by atoms with E-state index in [0.717, 1.165) is 12.1 Å². The molecular formula is C28H26F3N3O3. The van der Waals surface area contributed by atoms with E-state index in [2.05, 4.69) is 5.32 Å². The number of nitrogens with zero attached hydrogens (tertiary/aromatic N) is 2. The summed E-state index contributed by atoms with van der Waals surface area (Å²) in [7, 11) is 0. The second kappa shape index (κ2) is 9.99. The van der Waals surface area contributed by atoms with Gasteiger partial charge < -0.3 is 20.2 Å². The van der Waals surface area contributed by atoms with E-state index in [0.29, 0.717) is 41.9 Å². The zero-order chi connectivity index (χ0) is 26.2. The number of nitrogens with one attached hydrogen (secondary N) is 1.